The average Bonchev–Trinajstić information content (AvgIpc) is 2.43. The summed E-state index contributed by atoms with van der Waals surface area (Å²) < 4.78 is 16.3. The number of para-hydroxylation sites is 1. The van der Waals surface area contributed by atoms with E-state index in [4.69, 9.17) is 14.2 Å². The maximum absolute atomic E-state index is 5.67. The normalized spacial score (nSPS) is 12.4. The lowest BCUT2D eigenvalue weighted by Gasteiger charge is -2.21. The Morgan fingerprint density at radius 3 is 2.63 bits per heavy atom. The Hall–Kier alpha value is -1.10. The minimum atomic E-state index is 0.143. The number of nitrogens with one attached hydrogen (secondary N) is 1. The van der Waals surface area contributed by atoms with Crippen LogP contribution in [0.15, 0.2) is 24.3 Å². The molecule has 0 aliphatic carbocycles. The Bertz CT molecular complexity index is 344. The first-order chi connectivity index (χ1) is 9.33. The van der Waals surface area contributed by atoms with Crippen LogP contribution >= 0.6 is 0 Å². The Morgan fingerprint density at radius 2 is 1.95 bits per heavy atom. The molecule has 0 aliphatic heterocycles. The number of hydrogen-bond donors (Lipinski definition) is 1. The highest BCUT2D eigenvalue weighted by Crippen LogP contribution is 2.25. The molecule has 1 unspecified atom stereocenters. The van der Waals surface area contributed by atoms with Crippen LogP contribution in [0.25, 0.3) is 0 Å². The Kier molecular flexibility index (Phi) is 8.21. The van der Waals surface area contributed by atoms with Gasteiger partial charge in [-0.3, -0.25) is 0 Å². The molecule has 1 rings (SSSR count). The quantitative estimate of drug-likeness (QED) is 0.661. The third kappa shape index (κ3) is 5.59. The van der Waals surface area contributed by atoms with E-state index in [-0.39, 0.29) is 6.04 Å². The van der Waals surface area contributed by atoms with Gasteiger partial charge in [0.15, 0.2) is 0 Å². The molecule has 0 aromatic heterocycles. The first-order valence-electron chi connectivity index (χ1n) is 6.85. The summed E-state index contributed by atoms with van der Waals surface area (Å²) in [5, 5.41) is 3.43. The lowest BCUT2D eigenvalue weighted by atomic mass is 10.1. The van der Waals surface area contributed by atoms with E-state index >= 15 is 0 Å². The summed E-state index contributed by atoms with van der Waals surface area (Å²) in [5.74, 6) is 0.922. The summed E-state index contributed by atoms with van der Waals surface area (Å²) in [6.07, 6.45) is 0. The smallest absolute Gasteiger partial charge is 0.124 e. The van der Waals surface area contributed by atoms with Gasteiger partial charge in [0.25, 0.3) is 0 Å². The Labute approximate surface area is 116 Å². The molecule has 1 aromatic carbocycles. The molecule has 0 bridgehead atoms. The van der Waals surface area contributed by atoms with E-state index in [1.54, 1.807) is 7.11 Å². The van der Waals surface area contributed by atoms with Gasteiger partial charge in [-0.2, -0.15) is 0 Å². The molecule has 4 nitrogen and oxygen atoms in total. The van der Waals surface area contributed by atoms with Crippen LogP contribution in [0.2, 0.25) is 0 Å². The zero-order chi connectivity index (χ0) is 13.9. The number of rotatable bonds is 10. The molecule has 1 N–H and O–H groups in total. The fourth-order valence-corrected chi connectivity index (χ4v) is 1.90. The molecule has 0 amide bonds. The molecule has 0 saturated carbocycles. The maximum atomic E-state index is 5.67. The molecular weight excluding hydrogens is 242 g/mol. The van der Waals surface area contributed by atoms with Gasteiger partial charge in [-0.25, -0.2) is 0 Å². The van der Waals surface area contributed by atoms with E-state index in [1.165, 1.54) is 0 Å². The number of benzene rings is 1. The van der Waals surface area contributed by atoms with Crippen LogP contribution in [0.5, 0.6) is 5.75 Å². The van der Waals surface area contributed by atoms with Gasteiger partial charge in [-0.05, 0) is 19.5 Å². The van der Waals surface area contributed by atoms with Gasteiger partial charge < -0.3 is 19.5 Å². The van der Waals surface area contributed by atoms with Crippen LogP contribution < -0.4 is 10.1 Å². The van der Waals surface area contributed by atoms with Crippen molar-refractivity contribution in [3.63, 3.8) is 0 Å². The van der Waals surface area contributed by atoms with E-state index in [1.807, 2.05) is 25.1 Å². The Morgan fingerprint density at radius 1 is 1.16 bits per heavy atom. The molecule has 0 spiro atoms. The summed E-state index contributed by atoms with van der Waals surface area (Å²) >= 11 is 0. The summed E-state index contributed by atoms with van der Waals surface area (Å²) in [5.41, 5.74) is 1.14. The highest BCUT2D eigenvalue weighted by Gasteiger charge is 2.15. The van der Waals surface area contributed by atoms with Crippen molar-refractivity contribution >= 4 is 0 Å². The Balaban J connectivity index is 2.68. The predicted octanol–water partition coefficient (Wildman–Crippen LogP) is 2.40. The third-order valence-electron chi connectivity index (χ3n) is 2.76. The fourth-order valence-electron chi connectivity index (χ4n) is 1.90. The molecule has 19 heavy (non-hydrogen) atoms. The van der Waals surface area contributed by atoms with Gasteiger partial charge in [0.1, 0.15) is 5.75 Å². The minimum absolute atomic E-state index is 0.143. The maximum Gasteiger partial charge on any atom is 0.124 e. The summed E-state index contributed by atoms with van der Waals surface area (Å²) in [4.78, 5) is 0. The van der Waals surface area contributed by atoms with Crippen molar-refractivity contribution in [1.29, 1.82) is 0 Å². The second-order valence-electron chi connectivity index (χ2n) is 4.15. The van der Waals surface area contributed by atoms with E-state index in [0.29, 0.717) is 26.4 Å². The molecule has 1 aromatic rings. The number of hydrogen-bond acceptors (Lipinski definition) is 4. The van der Waals surface area contributed by atoms with Crippen LogP contribution in [0.1, 0.15) is 25.5 Å². The molecule has 0 saturated heterocycles. The molecule has 4 heteroatoms. The van der Waals surface area contributed by atoms with Crippen molar-refractivity contribution in [3.05, 3.63) is 29.8 Å². The molecule has 0 radical (unpaired) electrons. The second kappa shape index (κ2) is 9.78. The SMILES string of the molecule is CCNC(COCCOC)c1ccccc1OCC. The zero-order valence-corrected chi connectivity index (χ0v) is 12.1. The van der Waals surface area contributed by atoms with Crippen LogP contribution in [-0.4, -0.2) is 40.1 Å². The van der Waals surface area contributed by atoms with E-state index in [0.717, 1.165) is 17.9 Å². The van der Waals surface area contributed by atoms with E-state index in [2.05, 4.69) is 18.3 Å². The molecule has 0 fully saturated rings. The van der Waals surface area contributed by atoms with E-state index < -0.39 is 0 Å². The third-order valence-corrected chi connectivity index (χ3v) is 2.76. The fraction of sp³-hybridized carbons (Fsp3) is 0.600. The van der Waals surface area contributed by atoms with Crippen molar-refractivity contribution in [2.24, 2.45) is 0 Å². The molecule has 0 aliphatic rings. The lowest BCUT2D eigenvalue weighted by Crippen LogP contribution is -2.26. The first kappa shape index (κ1) is 16.0. The highest BCUT2D eigenvalue weighted by molar-refractivity contribution is 5.36. The predicted molar refractivity (Wildman–Crippen MR) is 76.7 cm³/mol. The van der Waals surface area contributed by atoms with Crippen LogP contribution in [0.4, 0.5) is 0 Å². The number of likely N-dealkylation sites (N-methyl/N-ethyl adjacent to an activating group) is 1. The van der Waals surface area contributed by atoms with Crippen molar-refractivity contribution in [2.45, 2.75) is 19.9 Å². The standard InChI is InChI=1S/C15H25NO3/c1-4-16-14(12-18-11-10-17-3)13-8-6-7-9-15(13)19-5-2/h6-9,14,16H,4-5,10-12H2,1-3H3. The zero-order valence-electron chi connectivity index (χ0n) is 12.1. The van der Waals surface area contributed by atoms with Crippen molar-refractivity contribution in [1.82, 2.24) is 5.32 Å². The summed E-state index contributed by atoms with van der Waals surface area (Å²) in [7, 11) is 1.68. The monoisotopic (exact) mass is 267 g/mol. The summed E-state index contributed by atoms with van der Waals surface area (Å²) in [6.45, 7) is 7.47. The van der Waals surface area contributed by atoms with Crippen molar-refractivity contribution in [2.75, 3.05) is 40.1 Å². The van der Waals surface area contributed by atoms with Crippen molar-refractivity contribution in [3.8, 4) is 5.75 Å². The van der Waals surface area contributed by atoms with Gasteiger partial charge in [-0.1, -0.05) is 25.1 Å². The lowest BCUT2D eigenvalue weighted by molar-refractivity contribution is 0.0584. The molecule has 108 valence electrons. The number of ether oxygens (including phenoxy) is 3. The first-order valence-corrected chi connectivity index (χ1v) is 6.85. The van der Waals surface area contributed by atoms with Gasteiger partial charge in [0.05, 0.1) is 32.5 Å². The van der Waals surface area contributed by atoms with E-state index in [9.17, 15) is 0 Å². The van der Waals surface area contributed by atoms with Crippen molar-refractivity contribution < 1.29 is 14.2 Å². The van der Waals surface area contributed by atoms with Gasteiger partial charge in [-0.15, -0.1) is 0 Å². The van der Waals surface area contributed by atoms with Crippen LogP contribution in [0, 0.1) is 0 Å². The van der Waals surface area contributed by atoms with Gasteiger partial charge in [0.2, 0.25) is 0 Å². The largest absolute Gasteiger partial charge is 0.494 e. The molecule has 1 atom stereocenters. The van der Waals surface area contributed by atoms with Gasteiger partial charge >= 0.3 is 0 Å². The van der Waals surface area contributed by atoms with Crippen LogP contribution in [-0.2, 0) is 9.47 Å². The summed E-state index contributed by atoms with van der Waals surface area (Å²) in [6, 6.07) is 8.24. The molecular formula is C15H25NO3. The van der Waals surface area contributed by atoms with Gasteiger partial charge in [0, 0.05) is 12.7 Å². The highest BCUT2D eigenvalue weighted by atomic mass is 16.5. The molecule has 0 heterocycles. The minimum Gasteiger partial charge on any atom is -0.494 e. The second-order valence-corrected chi connectivity index (χ2v) is 4.15. The van der Waals surface area contributed by atoms with Crippen LogP contribution in [0.3, 0.4) is 0 Å². The topological polar surface area (TPSA) is 39.7 Å². The average molecular weight is 267 g/mol. The number of methoxy groups -OCH3 is 1.